The van der Waals surface area contributed by atoms with E-state index in [0.29, 0.717) is 0 Å². The SMILES string of the molecule is Clc1ccc(C2N=C(c3cccc(N4CCCC4)c3)NC2c2ccc(Cl)cc2)cc1. The molecule has 0 bridgehead atoms. The van der Waals surface area contributed by atoms with Crippen LogP contribution in [0, 0.1) is 0 Å². The fourth-order valence-electron chi connectivity index (χ4n) is 4.32. The average molecular weight is 436 g/mol. The molecule has 2 unspecified atom stereocenters. The van der Waals surface area contributed by atoms with E-state index >= 15 is 0 Å². The average Bonchev–Trinajstić information content (AvgIpc) is 3.46. The Morgan fingerprint density at radius 2 is 1.43 bits per heavy atom. The molecule has 0 spiro atoms. The second-order valence-electron chi connectivity index (χ2n) is 7.89. The Hall–Kier alpha value is -2.49. The number of nitrogens with one attached hydrogen (secondary N) is 1. The summed E-state index contributed by atoms with van der Waals surface area (Å²) in [6.45, 7) is 2.26. The molecule has 2 atom stereocenters. The molecule has 3 aromatic rings. The second kappa shape index (κ2) is 8.33. The van der Waals surface area contributed by atoms with Crippen LogP contribution in [-0.4, -0.2) is 18.9 Å². The molecule has 2 aliphatic rings. The van der Waals surface area contributed by atoms with Gasteiger partial charge in [-0.3, -0.25) is 4.99 Å². The van der Waals surface area contributed by atoms with E-state index in [4.69, 9.17) is 28.2 Å². The summed E-state index contributed by atoms with van der Waals surface area (Å²) in [5, 5.41) is 5.15. The number of aliphatic imine (C=N–C) groups is 1. The molecule has 3 aromatic carbocycles. The monoisotopic (exact) mass is 435 g/mol. The van der Waals surface area contributed by atoms with Crippen LogP contribution in [-0.2, 0) is 0 Å². The zero-order valence-electron chi connectivity index (χ0n) is 16.6. The molecule has 0 radical (unpaired) electrons. The molecule has 0 amide bonds. The third kappa shape index (κ3) is 3.92. The molecular formula is C25H23Cl2N3. The van der Waals surface area contributed by atoms with Crippen molar-refractivity contribution in [1.29, 1.82) is 0 Å². The van der Waals surface area contributed by atoms with Crippen molar-refractivity contribution in [3.05, 3.63) is 99.5 Å². The van der Waals surface area contributed by atoms with Gasteiger partial charge in [0.05, 0.1) is 6.04 Å². The number of amidine groups is 1. The summed E-state index contributed by atoms with van der Waals surface area (Å²) in [6, 6.07) is 24.7. The standard InChI is InChI=1S/C25H23Cl2N3/c26-20-10-6-17(7-11-20)23-24(18-8-12-21(27)13-9-18)29-25(28-23)19-4-3-5-22(16-19)30-14-1-2-15-30/h3-13,16,23-24H,1-2,14-15H2,(H,28,29). The Balaban J connectivity index is 1.51. The van der Waals surface area contributed by atoms with Gasteiger partial charge in [-0.15, -0.1) is 0 Å². The summed E-state index contributed by atoms with van der Waals surface area (Å²) in [7, 11) is 0. The van der Waals surface area contributed by atoms with Crippen LogP contribution in [0.2, 0.25) is 10.0 Å². The summed E-state index contributed by atoms with van der Waals surface area (Å²) in [5.41, 5.74) is 4.69. The largest absolute Gasteiger partial charge is 0.372 e. The normalized spacial score (nSPS) is 20.9. The van der Waals surface area contributed by atoms with E-state index in [1.54, 1.807) is 0 Å². The molecule has 152 valence electrons. The number of hydrogen-bond acceptors (Lipinski definition) is 3. The Bertz CT molecular complexity index is 1050. The highest BCUT2D eigenvalue weighted by molar-refractivity contribution is 6.30. The molecular weight excluding hydrogens is 413 g/mol. The number of halogens is 2. The molecule has 2 heterocycles. The van der Waals surface area contributed by atoms with E-state index in [2.05, 4.69) is 58.7 Å². The van der Waals surface area contributed by atoms with Crippen molar-refractivity contribution in [3.8, 4) is 0 Å². The van der Waals surface area contributed by atoms with Crippen molar-refractivity contribution in [3.63, 3.8) is 0 Å². The van der Waals surface area contributed by atoms with Crippen molar-refractivity contribution in [2.45, 2.75) is 24.9 Å². The van der Waals surface area contributed by atoms with Crippen LogP contribution in [0.5, 0.6) is 0 Å². The molecule has 0 aliphatic carbocycles. The lowest BCUT2D eigenvalue weighted by molar-refractivity contribution is 0.572. The minimum atomic E-state index is -0.0334. The van der Waals surface area contributed by atoms with Crippen molar-refractivity contribution < 1.29 is 0 Å². The smallest absolute Gasteiger partial charge is 0.129 e. The number of rotatable bonds is 4. The highest BCUT2D eigenvalue weighted by Crippen LogP contribution is 2.38. The van der Waals surface area contributed by atoms with Gasteiger partial charge in [-0.1, -0.05) is 59.6 Å². The van der Waals surface area contributed by atoms with Gasteiger partial charge in [0.1, 0.15) is 11.9 Å². The number of anilines is 1. The van der Waals surface area contributed by atoms with E-state index in [1.807, 2.05) is 24.3 Å². The number of hydrogen-bond donors (Lipinski definition) is 1. The van der Waals surface area contributed by atoms with Gasteiger partial charge in [-0.2, -0.15) is 0 Å². The van der Waals surface area contributed by atoms with Crippen LogP contribution in [0.15, 0.2) is 77.8 Å². The van der Waals surface area contributed by atoms with Crippen LogP contribution >= 0.6 is 23.2 Å². The van der Waals surface area contributed by atoms with E-state index < -0.39 is 0 Å². The summed E-state index contributed by atoms with van der Waals surface area (Å²) < 4.78 is 0. The summed E-state index contributed by atoms with van der Waals surface area (Å²) in [4.78, 5) is 7.57. The van der Waals surface area contributed by atoms with Crippen LogP contribution in [0.25, 0.3) is 0 Å². The second-order valence-corrected chi connectivity index (χ2v) is 8.77. The zero-order chi connectivity index (χ0) is 20.5. The van der Waals surface area contributed by atoms with E-state index in [9.17, 15) is 0 Å². The first-order valence-corrected chi connectivity index (χ1v) is 11.1. The summed E-state index contributed by atoms with van der Waals surface area (Å²) in [5.74, 6) is 0.927. The predicted octanol–water partition coefficient (Wildman–Crippen LogP) is 6.43. The van der Waals surface area contributed by atoms with Gasteiger partial charge in [0, 0.05) is 34.4 Å². The quantitative estimate of drug-likeness (QED) is 0.511. The molecule has 3 nitrogen and oxygen atoms in total. The Labute approximate surface area is 187 Å². The molecule has 2 aliphatic heterocycles. The Morgan fingerprint density at radius 3 is 2.10 bits per heavy atom. The third-order valence-electron chi connectivity index (χ3n) is 5.91. The van der Waals surface area contributed by atoms with E-state index in [1.165, 1.54) is 18.5 Å². The molecule has 5 heteroatoms. The van der Waals surface area contributed by atoms with Gasteiger partial charge < -0.3 is 10.2 Å². The third-order valence-corrected chi connectivity index (χ3v) is 6.41. The molecule has 30 heavy (non-hydrogen) atoms. The Kier molecular flexibility index (Phi) is 5.41. The van der Waals surface area contributed by atoms with Crippen LogP contribution in [0.3, 0.4) is 0 Å². The summed E-state index contributed by atoms with van der Waals surface area (Å²) in [6.07, 6.45) is 2.53. The van der Waals surface area contributed by atoms with Gasteiger partial charge in [0.25, 0.3) is 0 Å². The van der Waals surface area contributed by atoms with Gasteiger partial charge in [-0.25, -0.2) is 0 Å². The molecule has 1 fully saturated rings. The number of benzene rings is 3. The number of nitrogens with zero attached hydrogens (tertiary/aromatic N) is 2. The fourth-order valence-corrected chi connectivity index (χ4v) is 4.57. The molecule has 5 rings (SSSR count). The predicted molar refractivity (Wildman–Crippen MR) is 126 cm³/mol. The maximum Gasteiger partial charge on any atom is 0.129 e. The lowest BCUT2D eigenvalue weighted by Gasteiger charge is -2.20. The fraction of sp³-hybridized carbons (Fsp3) is 0.240. The van der Waals surface area contributed by atoms with Crippen molar-refractivity contribution in [2.75, 3.05) is 18.0 Å². The first kappa shape index (κ1) is 19.5. The molecule has 1 N–H and O–H groups in total. The zero-order valence-corrected chi connectivity index (χ0v) is 18.1. The van der Waals surface area contributed by atoms with Gasteiger partial charge >= 0.3 is 0 Å². The Morgan fingerprint density at radius 1 is 0.800 bits per heavy atom. The van der Waals surface area contributed by atoms with E-state index in [-0.39, 0.29) is 12.1 Å². The van der Waals surface area contributed by atoms with Crippen molar-refractivity contribution in [1.82, 2.24) is 5.32 Å². The minimum Gasteiger partial charge on any atom is -0.372 e. The van der Waals surface area contributed by atoms with Gasteiger partial charge in [-0.05, 0) is 60.4 Å². The first-order valence-electron chi connectivity index (χ1n) is 10.4. The minimum absolute atomic E-state index is 0.0334. The van der Waals surface area contributed by atoms with Gasteiger partial charge in [0.2, 0.25) is 0 Å². The van der Waals surface area contributed by atoms with Crippen LogP contribution in [0.1, 0.15) is 41.6 Å². The maximum atomic E-state index is 6.12. The highest BCUT2D eigenvalue weighted by atomic mass is 35.5. The summed E-state index contributed by atoms with van der Waals surface area (Å²) >= 11 is 12.2. The maximum absolute atomic E-state index is 6.12. The topological polar surface area (TPSA) is 27.6 Å². The molecule has 0 aromatic heterocycles. The lowest BCUT2D eigenvalue weighted by atomic mass is 9.95. The van der Waals surface area contributed by atoms with Crippen LogP contribution < -0.4 is 10.2 Å². The highest BCUT2D eigenvalue weighted by Gasteiger charge is 2.32. The van der Waals surface area contributed by atoms with E-state index in [0.717, 1.165) is 45.7 Å². The van der Waals surface area contributed by atoms with Crippen molar-refractivity contribution in [2.24, 2.45) is 4.99 Å². The first-order chi connectivity index (χ1) is 14.7. The molecule has 0 saturated carbocycles. The van der Waals surface area contributed by atoms with Gasteiger partial charge in [0.15, 0.2) is 0 Å². The van der Waals surface area contributed by atoms with Crippen molar-refractivity contribution >= 4 is 34.7 Å². The molecule has 1 saturated heterocycles. The lowest BCUT2D eigenvalue weighted by Crippen LogP contribution is -2.25. The van der Waals surface area contributed by atoms with Crippen LogP contribution in [0.4, 0.5) is 5.69 Å².